The van der Waals surface area contributed by atoms with E-state index >= 15 is 0 Å². The molecule has 4 rings (SSSR count). The van der Waals surface area contributed by atoms with Crippen LogP contribution in [0.1, 0.15) is 24.5 Å². The highest BCUT2D eigenvalue weighted by Gasteiger charge is 2.29. The molecule has 0 bridgehead atoms. The molecule has 0 saturated heterocycles. The molecule has 1 aliphatic heterocycles. The first-order valence-corrected chi connectivity index (χ1v) is 9.28. The topological polar surface area (TPSA) is 78.0 Å². The zero-order valence-corrected chi connectivity index (χ0v) is 14.9. The van der Waals surface area contributed by atoms with Crippen molar-refractivity contribution < 1.29 is 0 Å². The molecule has 1 atom stereocenters. The maximum absolute atomic E-state index is 7.41. The van der Waals surface area contributed by atoms with E-state index in [1.54, 1.807) is 11.8 Å². The molecule has 3 aromatic rings. The molecule has 4 nitrogen and oxygen atoms in total. The molecule has 25 heavy (non-hydrogen) atoms. The average Bonchev–Trinajstić information content (AvgIpc) is 3.05. The van der Waals surface area contributed by atoms with Gasteiger partial charge in [0.15, 0.2) is 5.17 Å². The molecule has 5 heteroatoms. The van der Waals surface area contributed by atoms with Crippen molar-refractivity contribution in [2.24, 2.45) is 10.7 Å². The lowest BCUT2D eigenvalue weighted by Crippen LogP contribution is -2.28. The zero-order valence-electron chi connectivity index (χ0n) is 14.0. The molecule has 0 aliphatic carbocycles. The van der Waals surface area contributed by atoms with E-state index in [1.807, 2.05) is 18.2 Å². The van der Waals surface area contributed by atoms with Crippen molar-refractivity contribution in [2.45, 2.75) is 18.9 Å². The first-order valence-electron chi connectivity index (χ1n) is 8.30. The van der Waals surface area contributed by atoms with Crippen molar-refractivity contribution in [1.29, 1.82) is 5.41 Å². The summed E-state index contributed by atoms with van der Waals surface area (Å²) in [6.45, 7) is 2.15. The Balaban J connectivity index is 1.77. The molecule has 1 aliphatic rings. The van der Waals surface area contributed by atoms with Crippen LogP contribution in [0.3, 0.4) is 0 Å². The minimum absolute atomic E-state index is 0.259. The number of H-pyrrole nitrogens is 1. The van der Waals surface area contributed by atoms with Gasteiger partial charge in [0, 0.05) is 28.6 Å². The molecule has 4 N–H and O–H groups in total. The van der Waals surface area contributed by atoms with Gasteiger partial charge in [-0.25, -0.2) is 0 Å². The summed E-state index contributed by atoms with van der Waals surface area (Å²) in [6, 6.07) is 16.7. The predicted molar refractivity (Wildman–Crippen MR) is 108 cm³/mol. The second-order valence-electron chi connectivity index (χ2n) is 6.58. The highest BCUT2D eigenvalue weighted by atomic mass is 32.2. The summed E-state index contributed by atoms with van der Waals surface area (Å²) in [6.07, 6.45) is 2.35. The van der Waals surface area contributed by atoms with Crippen LogP contribution in [0, 0.1) is 5.41 Å². The van der Waals surface area contributed by atoms with E-state index in [9.17, 15) is 0 Å². The zero-order chi connectivity index (χ0) is 17.4. The largest absolute Gasteiger partial charge is 0.379 e. The van der Waals surface area contributed by atoms with Crippen LogP contribution in [0.4, 0.5) is 0 Å². The Labute approximate surface area is 151 Å². The monoisotopic (exact) mass is 348 g/mol. The highest BCUT2D eigenvalue weighted by molar-refractivity contribution is 8.13. The molecule has 0 fully saturated rings. The average molecular weight is 348 g/mol. The lowest BCUT2D eigenvalue weighted by molar-refractivity contribution is 0.482. The number of rotatable bonds is 3. The van der Waals surface area contributed by atoms with Gasteiger partial charge in [-0.2, -0.15) is 0 Å². The van der Waals surface area contributed by atoms with Gasteiger partial charge in [0.25, 0.3) is 0 Å². The third-order valence-corrected chi connectivity index (χ3v) is 5.60. The van der Waals surface area contributed by atoms with Crippen molar-refractivity contribution in [1.82, 2.24) is 4.98 Å². The summed E-state index contributed by atoms with van der Waals surface area (Å²) in [4.78, 5) is 8.18. The number of aromatic nitrogens is 1. The molecular weight excluding hydrogens is 328 g/mol. The summed E-state index contributed by atoms with van der Waals surface area (Å²) >= 11 is 1.63. The number of aliphatic imine (C=N–C) groups is 1. The second kappa shape index (κ2) is 6.08. The second-order valence-corrected chi connectivity index (χ2v) is 7.69. The Morgan fingerprint density at radius 2 is 2.12 bits per heavy atom. The number of fused-ring (bicyclic) bond motifs is 1. The van der Waals surface area contributed by atoms with Gasteiger partial charge in [-0.05, 0) is 48.2 Å². The van der Waals surface area contributed by atoms with E-state index in [0.717, 1.165) is 39.9 Å². The number of aromatic amines is 1. The number of nitrogens with one attached hydrogen (secondary N) is 2. The van der Waals surface area contributed by atoms with E-state index in [4.69, 9.17) is 16.1 Å². The van der Waals surface area contributed by atoms with Gasteiger partial charge in [-0.1, -0.05) is 42.1 Å². The summed E-state index contributed by atoms with van der Waals surface area (Å²) in [7, 11) is 0. The van der Waals surface area contributed by atoms with Crippen LogP contribution in [-0.4, -0.2) is 22.1 Å². The normalized spacial score (nSPS) is 20.4. The van der Waals surface area contributed by atoms with Crippen molar-refractivity contribution in [3.8, 4) is 11.3 Å². The maximum Gasteiger partial charge on any atom is 0.154 e. The van der Waals surface area contributed by atoms with Crippen LogP contribution in [-0.2, 0) is 5.54 Å². The summed E-state index contributed by atoms with van der Waals surface area (Å²) in [5, 5.41) is 9.22. The van der Waals surface area contributed by atoms with Crippen molar-refractivity contribution in [3.63, 3.8) is 0 Å². The van der Waals surface area contributed by atoms with Crippen LogP contribution in [0.15, 0.2) is 53.5 Å². The molecule has 0 spiro atoms. The number of hydrogen-bond acceptors (Lipinski definition) is 4. The Morgan fingerprint density at radius 3 is 2.92 bits per heavy atom. The van der Waals surface area contributed by atoms with Gasteiger partial charge in [0.1, 0.15) is 0 Å². The third-order valence-electron chi connectivity index (χ3n) is 4.80. The molecular formula is C20H20N4S. The summed E-state index contributed by atoms with van der Waals surface area (Å²) in [5.41, 5.74) is 11.0. The minimum Gasteiger partial charge on any atom is -0.379 e. The van der Waals surface area contributed by atoms with E-state index in [-0.39, 0.29) is 5.54 Å². The standard InChI is InChI=1S/C20H20N4S/c1-20(7-8-25-19(22)24-20)16-4-2-3-14(10-16)18-11-15-6-5-13(12-21)9-17(15)23-18/h2-6,9-12,21,23H,7-8H2,1H3,(H2,22,24)/t20-/m0/s1. The van der Waals surface area contributed by atoms with Crippen molar-refractivity contribution in [3.05, 3.63) is 59.7 Å². The van der Waals surface area contributed by atoms with Gasteiger partial charge >= 0.3 is 0 Å². The molecule has 1 aromatic heterocycles. The molecule has 2 heterocycles. The van der Waals surface area contributed by atoms with Gasteiger partial charge in [-0.15, -0.1) is 0 Å². The maximum atomic E-state index is 7.41. The fourth-order valence-electron chi connectivity index (χ4n) is 3.31. The first-order chi connectivity index (χ1) is 12.1. The lowest BCUT2D eigenvalue weighted by atomic mass is 9.88. The fourth-order valence-corrected chi connectivity index (χ4v) is 4.28. The minimum atomic E-state index is -0.259. The smallest absolute Gasteiger partial charge is 0.154 e. The lowest BCUT2D eigenvalue weighted by Gasteiger charge is -2.30. The molecule has 0 radical (unpaired) electrons. The Bertz CT molecular complexity index is 988. The summed E-state index contributed by atoms with van der Waals surface area (Å²) < 4.78 is 0. The fraction of sp³-hybridized carbons (Fsp3) is 0.200. The van der Waals surface area contributed by atoms with E-state index in [1.165, 1.54) is 11.8 Å². The highest BCUT2D eigenvalue weighted by Crippen LogP contribution is 2.36. The first kappa shape index (κ1) is 16.0. The predicted octanol–water partition coefficient (Wildman–Crippen LogP) is 4.50. The third kappa shape index (κ3) is 2.96. The van der Waals surface area contributed by atoms with Crippen LogP contribution in [0.25, 0.3) is 22.2 Å². The van der Waals surface area contributed by atoms with Crippen LogP contribution < -0.4 is 5.73 Å². The van der Waals surface area contributed by atoms with E-state index < -0.39 is 0 Å². The van der Waals surface area contributed by atoms with Crippen molar-refractivity contribution >= 4 is 34.0 Å². The number of nitrogens with two attached hydrogens (primary N) is 1. The van der Waals surface area contributed by atoms with Crippen molar-refractivity contribution in [2.75, 3.05) is 5.75 Å². The Hall–Kier alpha value is -2.53. The quantitative estimate of drug-likeness (QED) is 0.609. The van der Waals surface area contributed by atoms with Gasteiger partial charge in [-0.3, -0.25) is 4.99 Å². The Morgan fingerprint density at radius 1 is 1.24 bits per heavy atom. The number of nitrogens with zero attached hydrogens (tertiary/aromatic N) is 1. The SMILES string of the molecule is C[C@@]1(c2cccc(-c3cc4ccc(C=N)cc4[nH]3)c2)CCSC(N)=N1. The molecule has 0 unspecified atom stereocenters. The number of thioether (sulfide) groups is 1. The number of hydrogen-bond donors (Lipinski definition) is 3. The Kier molecular flexibility index (Phi) is 3.88. The molecule has 2 aromatic carbocycles. The molecule has 126 valence electrons. The molecule has 0 saturated carbocycles. The van der Waals surface area contributed by atoms with Gasteiger partial charge < -0.3 is 16.1 Å². The van der Waals surface area contributed by atoms with Crippen LogP contribution in [0.5, 0.6) is 0 Å². The number of benzene rings is 2. The van der Waals surface area contributed by atoms with E-state index in [0.29, 0.717) is 5.17 Å². The van der Waals surface area contributed by atoms with Crippen LogP contribution in [0.2, 0.25) is 0 Å². The number of amidine groups is 1. The van der Waals surface area contributed by atoms with Crippen LogP contribution >= 0.6 is 11.8 Å². The molecule has 0 amide bonds. The van der Waals surface area contributed by atoms with Gasteiger partial charge in [0.2, 0.25) is 0 Å². The van der Waals surface area contributed by atoms with E-state index in [2.05, 4.69) is 42.2 Å². The summed E-state index contributed by atoms with van der Waals surface area (Å²) in [5.74, 6) is 0.995. The van der Waals surface area contributed by atoms with Gasteiger partial charge in [0.05, 0.1) is 5.54 Å².